The summed E-state index contributed by atoms with van der Waals surface area (Å²) >= 11 is 0. The molecule has 0 N–H and O–H groups in total. The molecule has 4 nitrogen and oxygen atoms in total. The van der Waals surface area contributed by atoms with Crippen LogP contribution in [0, 0.1) is 11.3 Å². The number of rotatable bonds is 2. The number of hydrogen-bond acceptors (Lipinski definition) is 4. The van der Waals surface area contributed by atoms with Crippen molar-refractivity contribution in [3.63, 3.8) is 0 Å². The Morgan fingerprint density at radius 3 is 2.71 bits per heavy atom. The molecule has 0 saturated heterocycles. The Balaban J connectivity index is 2.84. The van der Waals surface area contributed by atoms with E-state index in [0.29, 0.717) is 5.52 Å². The number of nitriles is 1. The number of sulfone groups is 1. The highest BCUT2D eigenvalue weighted by Crippen LogP contribution is 2.21. The van der Waals surface area contributed by atoms with Gasteiger partial charge < -0.3 is 0 Å². The van der Waals surface area contributed by atoms with Gasteiger partial charge in [-0.2, -0.15) is 5.26 Å². The van der Waals surface area contributed by atoms with Crippen LogP contribution in [-0.4, -0.2) is 19.2 Å². The van der Waals surface area contributed by atoms with Crippen LogP contribution in [0.5, 0.6) is 0 Å². The normalized spacial score (nSPS) is 11.3. The topological polar surface area (TPSA) is 70.8 Å². The molecule has 1 heterocycles. The van der Waals surface area contributed by atoms with Gasteiger partial charge in [0.1, 0.15) is 11.0 Å². The molecule has 0 atom stereocenters. The molecule has 2 rings (SSSR count). The van der Waals surface area contributed by atoms with E-state index in [-0.39, 0.29) is 16.3 Å². The molecule has 17 heavy (non-hydrogen) atoms. The van der Waals surface area contributed by atoms with Gasteiger partial charge in [-0.1, -0.05) is 25.1 Å². The summed E-state index contributed by atoms with van der Waals surface area (Å²) in [6.45, 7) is 1.55. The Morgan fingerprint density at radius 1 is 1.35 bits per heavy atom. The average Bonchev–Trinajstić information content (AvgIpc) is 2.37. The molecule has 2 aromatic rings. The highest BCUT2D eigenvalue weighted by atomic mass is 32.2. The fourth-order valence-corrected chi connectivity index (χ4v) is 2.57. The Hall–Kier alpha value is -1.93. The van der Waals surface area contributed by atoms with Crippen LogP contribution in [0.1, 0.15) is 12.6 Å². The zero-order chi connectivity index (χ0) is 12.5. The van der Waals surface area contributed by atoms with E-state index < -0.39 is 9.84 Å². The monoisotopic (exact) mass is 246 g/mol. The molecule has 0 amide bonds. The first kappa shape index (κ1) is 11.6. The van der Waals surface area contributed by atoms with Gasteiger partial charge in [-0.3, -0.25) is 0 Å². The van der Waals surface area contributed by atoms with Gasteiger partial charge in [0.2, 0.25) is 0 Å². The molecular formula is C12H10N2O2S. The fraction of sp³-hybridized carbons (Fsp3) is 0.167. The quantitative estimate of drug-likeness (QED) is 0.811. The number of para-hydroxylation sites is 1. The number of hydrogen-bond donors (Lipinski definition) is 0. The lowest BCUT2D eigenvalue weighted by Gasteiger charge is -2.05. The van der Waals surface area contributed by atoms with Crippen molar-refractivity contribution in [1.29, 1.82) is 5.26 Å². The molecule has 86 valence electrons. The van der Waals surface area contributed by atoms with Crippen molar-refractivity contribution < 1.29 is 8.42 Å². The maximum absolute atomic E-state index is 11.8. The molecule has 0 aliphatic rings. The molecule has 1 aromatic heterocycles. The molecule has 5 heteroatoms. The van der Waals surface area contributed by atoms with Crippen molar-refractivity contribution in [3.8, 4) is 6.07 Å². The summed E-state index contributed by atoms with van der Waals surface area (Å²) in [6.07, 6.45) is 0. The molecule has 0 fully saturated rings. The van der Waals surface area contributed by atoms with Crippen molar-refractivity contribution >= 4 is 20.7 Å². The van der Waals surface area contributed by atoms with Crippen LogP contribution in [-0.2, 0) is 9.84 Å². The predicted molar refractivity (Wildman–Crippen MR) is 64.2 cm³/mol. The lowest BCUT2D eigenvalue weighted by atomic mass is 10.2. The van der Waals surface area contributed by atoms with E-state index in [1.165, 1.54) is 6.07 Å². The first-order valence-electron chi connectivity index (χ1n) is 5.11. The van der Waals surface area contributed by atoms with Crippen LogP contribution in [0.3, 0.4) is 0 Å². The van der Waals surface area contributed by atoms with Crippen molar-refractivity contribution in [2.75, 3.05) is 5.75 Å². The third-order valence-electron chi connectivity index (χ3n) is 2.51. The Morgan fingerprint density at radius 2 is 2.06 bits per heavy atom. The fourth-order valence-electron chi connectivity index (χ4n) is 1.57. The number of aromatic nitrogens is 1. The summed E-state index contributed by atoms with van der Waals surface area (Å²) in [7, 11) is -3.42. The van der Waals surface area contributed by atoms with Gasteiger partial charge in [-0.15, -0.1) is 0 Å². The van der Waals surface area contributed by atoms with Gasteiger partial charge in [0.25, 0.3) is 0 Å². The molecule has 0 spiro atoms. The second kappa shape index (κ2) is 4.15. The van der Waals surface area contributed by atoms with Gasteiger partial charge in [-0.05, 0) is 12.1 Å². The van der Waals surface area contributed by atoms with Crippen molar-refractivity contribution in [1.82, 2.24) is 4.98 Å². The molecule has 0 unspecified atom stereocenters. The van der Waals surface area contributed by atoms with E-state index in [0.717, 1.165) is 5.39 Å². The highest BCUT2D eigenvalue weighted by molar-refractivity contribution is 7.91. The Labute approximate surface area is 99.4 Å². The van der Waals surface area contributed by atoms with Gasteiger partial charge >= 0.3 is 0 Å². The van der Waals surface area contributed by atoms with Gasteiger partial charge in [0.15, 0.2) is 15.5 Å². The van der Waals surface area contributed by atoms with Gasteiger partial charge in [0, 0.05) is 5.39 Å². The number of nitrogens with zero attached hydrogens (tertiary/aromatic N) is 2. The van der Waals surface area contributed by atoms with Crippen LogP contribution < -0.4 is 0 Å². The predicted octanol–water partition coefficient (Wildman–Crippen LogP) is 1.90. The number of fused-ring (bicyclic) bond motifs is 1. The highest BCUT2D eigenvalue weighted by Gasteiger charge is 2.18. The van der Waals surface area contributed by atoms with Crippen LogP contribution in [0.25, 0.3) is 10.9 Å². The van der Waals surface area contributed by atoms with E-state index in [1.54, 1.807) is 31.2 Å². The second-order valence-electron chi connectivity index (χ2n) is 3.54. The largest absolute Gasteiger partial charge is 0.236 e. The minimum Gasteiger partial charge on any atom is -0.236 e. The number of pyridine rings is 1. The van der Waals surface area contributed by atoms with E-state index >= 15 is 0 Å². The Bertz CT molecular complexity index is 715. The SMILES string of the molecule is CCS(=O)(=O)c1cc2ccccc2nc1C#N. The summed E-state index contributed by atoms with van der Waals surface area (Å²) < 4.78 is 23.7. The van der Waals surface area contributed by atoms with E-state index in [2.05, 4.69) is 4.98 Å². The number of benzene rings is 1. The van der Waals surface area contributed by atoms with Crippen molar-refractivity contribution in [2.45, 2.75) is 11.8 Å². The summed E-state index contributed by atoms with van der Waals surface area (Å²) in [4.78, 5) is 4.08. The van der Waals surface area contributed by atoms with Crippen LogP contribution in [0.15, 0.2) is 35.2 Å². The lowest BCUT2D eigenvalue weighted by molar-refractivity contribution is 0.596. The van der Waals surface area contributed by atoms with Gasteiger partial charge in [-0.25, -0.2) is 13.4 Å². The Kier molecular flexibility index (Phi) is 2.82. The van der Waals surface area contributed by atoms with E-state index in [1.807, 2.05) is 6.07 Å². The zero-order valence-electron chi connectivity index (χ0n) is 9.21. The summed E-state index contributed by atoms with van der Waals surface area (Å²) in [5.41, 5.74) is 0.588. The van der Waals surface area contributed by atoms with Crippen molar-refractivity contribution in [2.24, 2.45) is 0 Å². The lowest BCUT2D eigenvalue weighted by Crippen LogP contribution is -2.07. The minimum atomic E-state index is -3.42. The smallest absolute Gasteiger partial charge is 0.181 e. The molecule has 0 aliphatic heterocycles. The zero-order valence-corrected chi connectivity index (χ0v) is 10.0. The van der Waals surface area contributed by atoms with E-state index in [4.69, 9.17) is 5.26 Å². The molecule has 1 aromatic carbocycles. The van der Waals surface area contributed by atoms with E-state index in [9.17, 15) is 8.42 Å². The van der Waals surface area contributed by atoms with Crippen LogP contribution in [0.2, 0.25) is 0 Å². The average molecular weight is 246 g/mol. The van der Waals surface area contributed by atoms with Crippen LogP contribution >= 0.6 is 0 Å². The summed E-state index contributed by atoms with van der Waals surface area (Å²) in [5, 5.41) is 9.68. The standard InChI is InChI=1S/C12H10N2O2S/c1-2-17(15,16)12-7-9-5-3-4-6-10(9)14-11(12)8-13/h3-7H,2H2,1H3. The third-order valence-corrected chi connectivity index (χ3v) is 4.25. The molecule has 0 saturated carbocycles. The van der Waals surface area contributed by atoms with Gasteiger partial charge in [0.05, 0.1) is 11.3 Å². The maximum Gasteiger partial charge on any atom is 0.181 e. The molecule has 0 radical (unpaired) electrons. The molecule has 0 aliphatic carbocycles. The second-order valence-corrected chi connectivity index (χ2v) is 5.79. The summed E-state index contributed by atoms with van der Waals surface area (Å²) in [6, 6.07) is 10.5. The third kappa shape index (κ3) is 1.99. The summed E-state index contributed by atoms with van der Waals surface area (Å²) in [5.74, 6) is -0.0400. The maximum atomic E-state index is 11.8. The molecular weight excluding hydrogens is 236 g/mol. The molecule has 0 bridgehead atoms. The first-order valence-corrected chi connectivity index (χ1v) is 6.76. The van der Waals surface area contributed by atoms with Crippen LogP contribution in [0.4, 0.5) is 0 Å². The first-order chi connectivity index (χ1) is 8.08. The minimum absolute atomic E-state index is 0.0150. The van der Waals surface area contributed by atoms with Crippen molar-refractivity contribution in [3.05, 3.63) is 36.0 Å².